The lowest BCUT2D eigenvalue weighted by Gasteiger charge is -2.24. The molecule has 3 aromatic rings. The molecule has 0 N–H and O–H groups in total. The number of benzene rings is 2. The van der Waals surface area contributed by atoms with Crippen LogP contribution in [0.3, 0.4) is 0 Å². The molecule has 1 aromatic heterocycles. The highest BCUT2D eigenvalue weighted by molar-refractivity contribution is 7.92. The Hall–Kier alpha value is -2.86. The smallest absolute Gasteiger partial charge is 0.235 e. The van der Waals surface area contributed by atoms with Gasteiger partial charge in [-0.3, -0.25) is 9.29 Å². The molecule has 0 amide bonds. The van der Waals surface area contributed by atoms with Gasteiger partial charge in [0.25, 0.3) is 0 Å². The molecule has 6 heteroatoms. The predicted octanol–water partition coefficient (Wildman–Crippen LogP) is 4.23. The normalized spacial score (nSPS) is 11.1. The van der Waals surface area contributed by atoms with Gasteiger partial charge in [0.1, 0.15) is 11.5 Å². The second-order valence-electron chi connectivity index (χ2n) is 5.68. The van der Waals surface area contributed by atoms with E-state index in [1.807, 2.05) is 36.4 Å². The summed E-state index contributed by atoms with van der Waals surface area (Å²) < 4.78 is 32.3. The van der Waals surface area contributed by atoms with Crippen molar-refractivity contribution < 1.29 is 13.2 Å². The Morgan fingerprint density at radius 1 is 0.923 bits per heavy atom. The SMILES string of the molecule is CCS(=O)(=O)N(Cc1cccnc1)c1ccc(Oc2ccccc2)cc1. The predicted molar refractivity (Wildman–Crippen MR) is 103 cm³/mol. The van der Waals surface area contributed by atoms with Crippen molar-refractivity contribution in [3.63, 3.8) is 0 Å². The summed E-state index contributed by atoms with van der Waals surface area (Å²) in [7, 11) is -3.42. The second-order valence-corrected chi connectivity index (χ2v) is 7.86. The van der Waals surface area contributed by atoms with E-state index in [9.17, 15) is 8.42 Å². The summed E-state index contributed by atoms with van der Waals surface area (Å²) in [6.45, 7) is 1.88. The number of para-hydroxylation sites is 1. The van der Waals surface area contributed by atoms with Crippen LogP contribution >= 0.6 is 0 Å². The van der Waals surface area contributed by atoms with E-state index in [4.69, 9.17) is 4.74 Å². The van der Waals surface area contributed by atoms with Crippen LogP contribution in [0.1, 0.15) is 12.5 Å². The summed E-state index contributed by atoms with van der Waals surface area (Å²) in [5.74, 6) is 1.40. The summed E-state index contributed by atoms with van der Waals surface area (Å²) in [4.78, 5) is 4.06. The molecule has 26 heavy (non-hydrogen) atoms. The van der Waals surface area contributed by atoms with Gasteiger partial charge < -0.3 is 4.74 Å². The first-order chi connectivity index (χ1) is 12.6. The first kappa shape index (κ1) is 17.9. The van der Waals surface area contributed by atoms with Crippen molar-refractivity contribution in [1.82, 2.24) is 4.98 Å². The third kappa shape index (κ3) is 4.40. The van der Waals surface area contributed by atoms with Crippen LogP contribution in [0.25, 0.3) is 0 Å². The lowest BCUT2D eigenvalue weighted by molar-refractivity contribution is 0.482. The molecule has 5 nitrogen and oxygen atoms in total. The van der Waals surface area contributed by atoms with Gasteiger partial charge in [-0.05, 0) is 55.0 Å². The molecular weight excluding hydrogens is 348 g/mol. The number of rotatable bonds is 7. The summed E-state index contributed by atoms with van der Waals surface area (Å²) in [6, 6.07) is 20.1. The number of nitrogens with zero attached hydrogens (tertiary/aromatic N) is 2. The number of anilines is 1. The van der Waals surface area contributed by atoms with Crippen molar-refractivity contribution in [3.05, 3.63) is 84.7 Å². The maximum absolute atomic E-state index is 12.6. The number of pyridine rings is 1. The highest BCUT2D eigenvalue weighted by Crippen LogP contribution is 2.27. The molecule has 0 spiro atoms. The Bertz CT molecular complexity index is 928. The third-order valence-electron chi connectivity index (χ3n) is 3.85. The van der Waals surface area contributed by atoms with Crippen LogP contribution in [-0.4, -0.2) is 19.2 Å². The first-order valence-electron chi connectivity index (χ1n) is 8.31. The fourth-order valence-electron chi connectivity index (χ4n) is 2.47. The number of hydrogen-bond acceptors (Lipinski definition) is 4. The minimum absolute atomic E-state index is 0.0233. The molecule has 0 aliphatic heterocycles. The number of hydrogen-bond donors (Lipinski definition) is 0. The molecular formula is C20H20N2O3S. The van der Waals surface area contributed by atoms with Crippen LogP contribution in [0, 0.1) is 0 Å². The Labute approximate surface area is 153 Å². The monoisotopic (exact) mass is 368 g/mol. The van der Waals surface area contributed by atoms with Gasteiger partial charge in [-0.15, -0.1) is 0 Å². The van der Waals surface area contributed by atoms with E-state index in [2.05, 4.69) is 4.98 Å². The molecule has 0 saturated heterocycles. The first-order valence-corrected chi connectivity index (χ1v) is 9.91. The summed E-state index contributed by atoms with van der Waals surface area (Å²) in [5, 5.41) is 0. The molecule has 0 atom stereocenters. The fourth-order valence-corrected chi connectivity index (χ4v) is 3.57. The van der Waals surface area contributed by atoms with Gasteiger partial charge in [-0.25, -0.2) is 8.42 Å². The number of aromatic nitrogens is 1. The van der Waals surface area contributed by atoms with Crippen LogP contribution < -0.4 is 9.04 Å². The Balaban J connectivity index is 1.84. The molecule has 0 bridgehead atoms. The number of sulfonamides is 1. The van der Waals surface area contributed by atoms with Gasteiger partial charge in [-0.2, -0.15) is 0 Å². The van der Waals surface area contributed by atoms with E-state index in [1.165, 1.54) is 4.31 Å². The van der Waals surface area contributed by atoms with Gasteiger partial charge >= 0.3 is 0 Å². The standard InChI is InChI=1S/C20H20N2O3S/c1-2-26(23,24)22(16-17-7-6-14-21-15-17)18-10-12-20(13-11-18)25-19-8-4-3-5-9-19/h3-15H,2,16H2,1H3. The highest BCUT2D eigenvalue weighted by atomic mass is 32.2. The fraction of sp³-hybridized carbons (Fsp3) is 0.150. The van der Waals surface area contributed by atoms with E-state index >= 15 is 0 Å². The van der Waals surface area contributed by atoms with E-state index in [0.29, 0.717) is 11.4 Å². The van der Waals surface area contributed by atoms with E-state index < -0.39 is 10.0 Å². The zero-order valence-corrected chi connectivity index (χ0v) is 15.3. The van der Waals surface area contributed by atoms with Crippen LogP contribution in [0.5, 0.6) is 11.5 Å². The van der Waals surface area contributed by atoms with E-state index in [0.717, 1.165) is 11.3 Å². The lowest BCUT2D eigenvalue weighted by atomic mass is 10.2. The topological polar surface area (TPSA) is 59.5 Å². The maximum atomic E-state index is 12.6. The second kappa shape index (κ2) is 8.01. The van der Waals surface area contributed by atoms with E-state index in [1.54, 1.807) is 49.6 Å². The molecule has 0 unspecified atom stereocenters. The molecule has 2 aromatic carbocycles. The van der Waals surface area contributed by atoms with Crippen LogP contribution in [0.15, 0.2) is 79.1 Å². The van der Waals surface area contributed by atoms with Gasteiger partial charge in [-0.1, -0.05) is 24.3 Å². The van der Waals surface area contributed by atoms with Gasteiger partial charge in [0, 0.05) is 12.4 Å². The molecule has 0 aliphatic rings. The van der Waals surface area contributed by atoms with E-state index in [-0.39, 0.29) is 12.3 Å². The zero-order valence-electron chi connectivity index (χ0n) is 14.4. The molecule has 1 heterocycles. The quantitative estimate of drug-likeness (QED) is 0.626. The Kier molecular flexibility index (Phi) is 5.53. The molecule has 0 aliphatic carbocycles. The minimum Gasteiger partial charge on any atom is -0.457 e. The average molecular weight is 368 g/mol. The van der Waals surface area contributed by atoms with Crippen molar-refractivity contribution in [3.8, 4) is 11.5 Å². The van der Waals surface area contributed by atoms with Crippen molar-refractivity contribution in [2.24, 2.45) is 0 Å². The molecule has 0 radical (unpaired) electrons. The summed E-state index contributed by atoms with van der Waals surface area (Å²) in [5.41, 5.74) is 1.42. The largest absolute Gasteiger partial charge is 0.457 e. The molecule has 0 saturated carbocycles. The van der Waals surface area contributed by atoms with Crippen molar-refractivity contribution in [1.29, 1.82) is 0 Å². The molecule has 3 rings (SSSR count). The summed E-state index contributed by atoms with van der Waals surface area (Å²) >= 11 is 0. The van der Waals surface area contributed by atoms with Gasteiger partial charge in [0.05, 0.1) is 18.0 Å². The van der Waals surface area contributed by atoms with Crippen LogP contribution in [0.4, 0.5) is 5.69 Å². The van der Waals surface area contributed by atoms with Crippen LogP contribution in [0.2, 0.25) is 0 Å². The van der Waals surface area contributed by atoms with Gasteiger partial charge in [0.2, 0.25) is 10.0 Å². The van der Waals surface area contributed by atoms with Gasteiger partial charge in [0.15, 0.2) is 0 Å². The van der Waals surface area contributed by atoms with Crippen molar-refractivity contribution >= 4 is 15.7 Å². The molecule has 134 valence electrons. The Morgan fingerprint density at radius 2 is 1.62 bits per heavy atom. The van der Waals surface area contributed by atoms with Crippen molar-refractivity contribution in [2.45, 2.75) is 13.5 Å². The minimum atomic E-state index is -3.42. The maximum Gasteiger partial charge on any atom is 0.235 e. The molecule has 0 fully saturated rings. The lowest BCUT2D eigenvalue weighted by Crippen LogP contribution is -2.31. The third-order valence-corrected chi connectivity index (χ3v) is 5.59. The summed E-state index contributed by atoms with van der Waals surface area (Å²) in [6.07, 6.45) is 3.34. The number of ether oxygens (including phenoxy) is 1. The average Bonchev–Trinajstić information content (AvgIpc) is 2.68. The van der Waals surface area contributed by atoms with Crippen LogP contribution in [-0.2, 0) is 16.6 Å². The zero-order chi connectivity index (χ0) is 18.4. The Morgan fingerprint density at radius 3 is 2.23 bits per heavy atom. The van der Waals surface area contributed by atoms with Crippen molar-refractivity contribution in [2.75, 3.05) is 10.1 Å². The highest BCUT2D eigenvalue weighted by Gasteiger charge is 2.21.